The van der Waals surface area contributed by atoms with E-state index < -0.39 is 0 Å². The highest BCUT2D eigenvalue weighted by molar-refractivity contribution is 5.96. The number of hydrogen-bond acceptors (Lipinski definition) is 5. The second-order valence-electron chi connectivity index (χ2n) is 6.82. The summed E-state index contributed by atoms with van der Waals surface area (Å²) in [6, 6.07) is 10.0. The van der Waals surface area contributed by atoms with Crippen LogP contribution in [0.3, 0.4) is 0 Å². The van der Waals surface area contributed by atoms with Crippen LogP contribution in [0.5, 0.6) is 0 Å². The van der Waals surface area contributed by atoms with Gasteiger partial charge >= 0.3 is 0 Å². The highest BCUT2D eigenvalue weighted by Crippen LogP contribution is 2.30. The van der Waals surface area contributed by atoms with Gasteiger partial charge in [-0.2, -0.15) is 5.10 Å². The summed E-state index contributed by atoms with van der Waals surface area (Å²) in [4.78, 5) is 21.2. The van der Waals surface area contributed by atoms with Crippen LogP contribution in [0, 0.1) is 0 Å². The fourth-order valence-corrected chi connectivity index (χ4v) is 3.55. The average molecular weight is 393 g/mol. The van der Waals surface area contributed by atoms with E-state index in [1.165, 1.54) is 6.33 Å². The second kappa shape index (κ2) is 7.36. The van der Waals surface area contributed by atoms with Crippen molar-refractivity contribution < 1.29 is 0 Å². The van der Waals surface area contributed by atoms with E-state index in [2.05, 4.69) is 43.4 Å². The molecule has 0 bridgehead atoms. The molecule has 0 spiro atoms. The van der Waals surface area contributed by atoms with Gasteiger partial charge in [0.05, 0.1) is 22.2 Å². The molecule has 2 N–H and O–H groups in total. The molecule has 0 radical (unpaired) electrons. The Morgan fingerprint density at radius 1 is 0.933 bits per heavy atom. The Morgan fingerprint density at radius 2 is 1.80 bits per heavy atom. The lowest BCUT2D eigenvalue weighted by atomic mass is 10.0. The highest BCUT2D eigenvalue weighted by Gasteiger charge is 2.16. The quantitative estimate of drug-likeness (QED) is 0.422. The molecule has 7 heteroatoms. The molecule has 0 unspecified atom stereocenters. The maximum atomic E-state index is 4.88. The van der Waals surface area contributed by atoms with Crippen LogP contribution in [-0.4, -0.2) is 35.1 Å². The van der Waals surface area contributed by atoms with E-state index in [0.717, 1.165) is 44.5 Å². The van der Waals surface area contributed by atoms with Crippen molar-refractivity contribution in [3.63, 3.8) is 0 Å². The number of pyridine rings is 1. The summed E-state index contributed by atoms with van der Waals surface area (Å²) in [5, 5.41) is 7.54. The Labute approximate surface area is 172 Å². The Hall–Kier alpha value is -4.13. The Kier molecular flexibility index (Phi) is 4.40. The van der Waals surface area contributed by atoms with Crippen LogP contribution in [0.4, 0.5) is 0 Å². The van der Waals surface area contributed by atoms with Gasteiger partial charge in [0.15, 0.2) is 11.5 Å². The van der Waals surface area contributed by atoms with E-state index in [1.807, 2.05) is 44.2 Å². The van der Waals surface area contributed by atoms with Crippen molar-refractivity contribution in [3.8, 4) is 22.8 Å². The monoisotopic (exact) mass is 393 g/mol. The van der Waals surface area contributed by atoms with Gasteiger partial charge in [-0.15, -0.1) is 0 Å². The summed E-state index contributed by atoms with van der Waals surface area (Å²) in [7, 11) is 0. The number of imidazole rings is 1. The van der Waals surface area contributed by atoms with Crippen LogP contribution in [0.25, 0.3) is 50.4 Å². The summed E-state index contributed by atoms with van der Waals surface area (Å²) in [5.41, 5.74) is 7.96. The largest absolute Gasteiger partial charge is 0.336 e. The molecule has 4 aromatic heterocycles. The van der Waals surface area contributed by atoms with Gasteiger partial charge in [-0.05, 0) is 37.6 Å². The molecule has 0 aliphatic rings. The van der Waals surface area contributed by atoms with E-state index in [9.17, 15) is 0 Å². The number of fused-ring (bicyclic) bond motifs is 2. The number of rotatable bonds is 4. The number of benzene rings is 1. The first-order valence-electron chi connectivity index (χ1n) is 9.67. The Balaban J connectivity index is 1.67. The third-order valence-electron chi connectivity index (χ3n) is 4.97. The fourth-order valence-electron chi connectivity index (χ4n) is 3.55. The van der Waals surface area contributed by atoms with Gasteiger partial charge < -0.3 is 4.98 Å². The molecule has 30 heavy (non-hydrogen) atoms. The van der Waals surface area contributed by atoms with Crippen LogP contribution in [0.1, 0.15) is 19.4 Å². The zero-order chi connectivity index (χ0) is 20.5. The van der Waals surface area contributed by atoms with E-state index >= 15 is 0 Å². The van der Waals surface area contributed by atoms with Gasteiger partial charge in [0, 0.05) is 23.5 Å². The molecule has 0 saturated carbocycles. The molecule has 5 aromatic rings. The first-order chi connectivity index (χ1) is 14.8. The van der Waals surface area contributed by atoms with Crippen molar-refractivity contribution >= 4 is 27.6 Å². The molecule has 0 aliphatic heterocycles. The summed E-state index contributed by atoms with van der Waals surface area (Å²) >= 11 is 0. The van der Waals surface area contributed by atoms with E-state index in [0.29, 0.717) is 11.5 Å². The van der Waals surface area contributed by atoms with Crippen molar-refractivity contribution in [3.05, 3.63) is 72.8 Å². The molecule has 7 nitrogen and oxygen atoms in total. The lowest BCUT2D eigenvalue weighted by Crippen LogP contribution is -1.88. The number of para-hydroxylation sites is 1. The number of nitrogens with one attached hydrogen (secondary N) is 2. The third-order valence-corrected chi connectivity index (χ3v) is 4.97. The number of aromatic nitrogens is 7. The molecule has 0 amide bonds. The predicted molar refractivity (Wildman–Crippen MR) is 118 cm³/mol. The van der Waals surface area contributed by atoms with Crippen LogP contribution in [0.2, 0.25) is 0 Å². The average Bonchev–Trinajstić information content (AvgIpc) is 3.41. The number of hydrogen-bond donors (Lipinski definition) is 2. The van der Waals surface area contributed by atoms with Crippen molar-refractivity contribution in [1.29, 1.82) is 0 Å². The minimum Gasteiger partial charge on any atom is -0.336 e. The van der Waals surface area contributed by atoms with Crippen molar-refractivity contribution in [2.75, 3.05) is 0 Å². The van der Waals surface area contributed by atoms with E-state index in [-0.39, 0.29) is 0 Å². The molecule has 0 aliphatic carbocycles. The maximum Gasteiger partial charge on any atom is 0.161 e. The van der Waals surface area contributed by atoms with Crippen LogP contribution in [-0.2, 0) is 0 Å². The fraction of sp³-hybridized carbons (Fsp3) is 0.0870. The molecule has 5 rings (SSSR count). The second-order valence-corrected chi connectivity index (χ2v) is 6.82. The number of aromatic amines is 2. The lowest BCUT2D eigenvalue weighted by molar-refractivity contribution is 1.10. The number of allylic oxidation sites excluding steroid dienone is 4. The molecular weight excluding hydrogens is 374 g/mol. The molecule has 4 heterocycles. The Bertz CT molecular complexity index is 1410. The molecule has 0 saturated heterocycles. The zero-order valence-electron chi connectivity index (χ0n) is 16.6. The highest BCUT2D eigenvalue weighted by atomic mass is 15.1. The summed E-state index contributed by atoms with van der Waals surface area (Å²) in [6.07, 6.45) is 11.2. The minimum absolute atomic E-state index is 0.675. The lowest BCUT2D eigenvalue weighted by Gasteiger charge is -2.02. The van der Waals surface area contributed by atoms with Gasteiger partial charge in [0.25, 0.3) is 0 Å². The van der Waals surface area contributed by atoms with E-state index in [1.54, 1.807) is 12.4 Å². The Morgan fingerprint density at radius 3 is 2.60 bits per heavy atom. The first-order valence-corrected chi connectivity index (χ1v) is 9.67. The molecule has 1 aromatic carbocycles. The summed E-state index contributed by atoms with van der Waals surface area (Å²) in [6.45, 7) is 4.04. The third kappa shape index (κ3) is 2.97. The standard InChI is InChI=1S/C23H19N7/c1-3-6-14(4-2)16-7-5-8-18-20(16)28-23(27-18)22-21-19(29-30-22)10-9-17(26-21)15-11-24-13-25-12-15/h3-13H,1-2H3,(H,27,28)(H,29,30)/b6-3-,14-4+. The normalized spacial score (nSPS) is 12.4. The molecular formula is C23H19N7. The molecule has 0 fully saturated rings. The van der Waals surface area contributed by atoms with Crippen molar-refractivity contribution in [2.45, 2.75) is 13.8 Å². The summed E-state index contributed by atoms with van der Waals surface area (Å²) < 4.78 is 0. The van der Waals surface area contributed by atoms with Crippen LogP contribution in [0.15, 0.2) is 67.3 Å². The molecule has 0 atom stereocenters. The minimum atomic E-state index is 0.675. The zero-order valence-corrected chi connectivity index (χ0v) is 16.6. The topological polar surface area (TPSA) is 96.0 Å². The van der Waals surface area contributed by atoms with Gasteiger partial charge in [-0.1, -0.05) is 30.4 Å². The van der Waals surface area contributed by atoms with Gasteiger partial charge in [-0.3, -0.25) is 5.10 Å². The SMILES string of the molecule is C/C=C\C(=C/C)c1cccc2[nH]c(-c3n[nH]c4ccc(-c5cncnc5)nc34)nc12. The first kappa shape index (κ1) is 17.9. The smallest absolute Gasteiger partial charge is 0.161 e. The van der Waals surface area contributed by atoms with Gasteiger partial charge in [0.1, 0.15) is 11.8 Å². The predicted octanol–water partition coefficient (Wildman–Crippen LogP) is 4.94. The van der Waals surface area contributed by atoms with Crippen LogP contribution < -0.4 is 0 Å². The summed E-state index contributed by atoms with van der Waals surface area (Å²) in [5.74, 6) is 0.675. The molecule has 146 valence electrons. The number of H-pyrrole nitrogens is 2. The van der Waals surface area contributed by atoms with Crippen LogP contribution >= 0.6 is 0 Å². The maximum absolute atomic E-state index is 4.88. The van der Waals surface area contributed by atoms with Crippen molar-refractivity contribution in [1.82, 2.24) is 35.1 Å². The van der Waals surface area contributed by atoms with Gasteiger partial charge in [0.2, 0.25) is 0 Å². The van der Waals surface area contributed by atoms with Gasteiger partial charge in [-0.25, -0.2) is 19.9 Å². The van der Waals surface area contributed by atoms with E-state index in [4.69, 9.17) is 9.97 Å². The number of nitrogens with zero attached hydrogens (tertiary/aromatic N) is 5. The van der Waals surface area contributed by atoms with Crippen molar-refractivity contribution in [2.24, 2.45) is 0 Å².